The van der Waals surface area contributed by atoms with Gasteiger partial charge in [-0.2, -0.15) is 0 Å². The molecule has 0 aliphatic rings. The minimum atomic E-state index is -0.251. The number of aromatic nitrogens is 2. The quantitative estimate of drug-likeness (QED) is 0.805. The summed E-state index contributed by atoms with van der Waals surface area (Å²) in [6.45, 7) is 2.45. The monoisotopic (exact) mass is 278 g/mol. The number of carbonyl (C=O) groups is 1. The van der Waals surface area contributed by atoms with Gasteiger partial charge >= 0.3 is 6.03 Å². The van der Waals surface area contributed by atoms with Crippen molar-refractivity contribution in [1.29, 1.82) is 0 Å². The van der Waals surface area contributed by atoms with Crippen LogP contribution in [0.1, 0.15) is 11.3 Å². The fourth-order valence-electron chi connectivity index (χ4n) is 1.58. The molecule has 0 unspecified atom stereocenters. The zero-order valence-electron chi connectivity index (χ0n) is 10.5. The Bertz CT molecular complexity index is 554. The third-order valence-corrected chi connectivity index (χ3v) is 3.07. The number of hydrogen-bond donors (Lipinski definition) is 3. The maximum Gasteiger partial charge on any atom is 0.319 e. The standard InChI is InChI=1S/C13H15ClN4O/c1-9-2-3-10(6-12(9)14)18-13(19)16-5-4-11-7-15-8-17-11/h2-3,6-8H,4-5H2,1H3,(H,15,17)(H2,16,18,19). The Morgan fingerprint density at radius 1 is 1.47 bits per heavy atom. The molecule has 3 N–H and O–H groups in total. The van der Waals surface area contributed by atoms with Crippen molar-refractivity contribution >= 4 is 23.3 Å². The number of carbonyl (C=O) groups excluding carboxylic acids is 1. The lowest BCUT2D eigenvalue weighted by Crippen LogP contribution is -2.30. The van der Waals surface area contributed by atoms with E-state index in [9.17, 15) is 4.79 Å². The number of hydrogen-bond acceptors (Lipinski definition) is 2. The summed E-state index contributed by atoms with van der Waals surface area (Å²) in [4.78, 5) is 18.5. The highest BCUT2D eigenvalue weighted by Gasteiger charge is 2.03. The highest BCUT2D eigenvalue weighted by atomic mass is 35.5. The Labute approximate surface area is 116 Å². The number of rotatable bonds is 4. The van der Waals surface area contributed by atoms with Gasteiger partial charge in [-0.05, 0) is 24.6 Å². The molecule has 19 heavy (non-hydrogen) atoms. The second-order valence-electron chi connectivity index (χ2n) is 4.17. The molecule has 2 amide bonds. The molecule has 0 spiro atoms. The number of amides is 2. The van der Waals surface area contributed by atoms with Gasteiger partial charge in [0, 0.05) is 35.6 Å². The number of aryl methyl sites for hydroxylation is 1. The molecule has 0 aliphatic heterocycles. The van der Waals surface area contributed by atoms with Crippen molar-refractivity contribution in [1.82, 2.24) is 15.3 Å². The number of aromatic amines is 1. The van der Waals surface area contributed by atoms with Gasteiger partial charge < -0.3 is 15.6 Å². The van der Waals surface area contributed by atoms with Gasteiger partial charge in [0.1, 0.15) is 0 Å². The Kier molecular flexibility index (Phi) is 4.41. The molecular weight excluding hydrogens is 264 g/mol. The van der Waals surface area contributed by atoms with E-state index in [0.29, 0.717) is 23.7 Å². The molecule has 2 rings (SSSR count). The van der Waals surface area contributed by atoms with E-state index >= 15 is 0 Å². The summed E-state index contributed by atoms with van der Waals surface area (Å²) in [7, 11) is 0. The van der Waals surface area contributed by atoms with Crippen molar-refractivity contribution in [3.63, 3.8) is 0 Å². The molecule has 1 aromatic carbocycles. The van der Waals surface area contributed by atoms with Crippen LogP contribution in [0.2, 0.25) is 5.02 Å². The number of halogens is 1. The van der Waals surface area contributed by atoms with Gasteiger partial charge in [0.25, 0.3) is 0 Å². The van der Waals surface area contributed by atoms with Gasteiger partial charge in [0.05, 0.1) is 6.33 Å². The molecule has 0 radical (unpaired) electrons. The molecule has 0 bridgehead atoms. The maximum absolute atomic E-state index is 11.6. The Morgan fingerprint density at radius 2 is 2.32 bits per heavy atom. The third kappa shape index (κ3) is 3.99. The van der Waals surface area contributed by atoms with E-state index < -0.39 is 0 Å². The normalized spacial score (nSPS) is 10.2. The van der Waals surface area contributed by atoms with Gasteiger partial charge in [0.15, 0.2) is 0 Å². The van der Waals surface area contributed by atoms with E-state index in [1.807, 2.05) is 19.1 Å². The van der Waals surface area contributed by atoms with Crippen LogP contribution in [0.4, 0.5) is 10.5 Å². The van der Waals surface area contributed by atoms with Gasteiger partial charge in [-0.3, -0.25) is 0 Å². The first kappa shape index (κ1) is 13.4. The molecule has 0 aliphatic carbocycles. The summed E-state index contributed by atoms with van der Waals surface area (Å²) >= 11 is 5.99. The van der Waals surface area contributed by atoms with Crippen LogP contribution in [0.15, 0.2) is 30.7 Å². The average Bonchev–Trinajstić information content (AvgIpc) is 2.87. The summed E-state index contributed by atoms with van der Waals surface area (Å²) in [5.74, 6) is 0. The predicted molar refractivity (Wildman–Crippen MR) is 75.5 cm³/mol. The van der Waals surface area contributed by atoms with Gasteiger partial charge in [-0.15, -0.1) is 0 Å². The summed E-state index contributed by atoms with van der Waals surface area (Å²) in [6, 6.07) is 5.16. The smallest absolute Gasteiger partial charge is 0.319 e. The second-order valence-corrected chi connectivity index (χ2v) is 4.58. The van der Waals surface area contributed by atoms with E-state index in [-0.39, 0.29) is 6.03 Å². The van der Waals surface area contributed by atoms with Crippen LogP contribution < -0.4 is 10.6 Å². The van der Waals surface area contributed by atoms with E-state index in [2.05, 4.69) is 20.6 Å². The predicted octanol–water partition coefficient (Wildman–Crippen LogP) is 2.74. The number of nitrogens with one attached hydrogen (secondary N) is 3. The molecule has 6 heteroatoms. The number of imidazole rings is 1. The zero-order valence-corrected chi connectivity index (χ0v) is 11.3. The third-order valence-electron chi connectivity index (χ3n) is 2.66. The molecule has 1 aromatic heterocycles. The van der Waals surface area contributed by atoms with E-state index in [1.165, 1.54) is 0 Å². The number of urea groups is 1. The van der Waals surface area contributed by atoms with Crippen molar-refractivity contribution < 1.29 is 4.79 Å². The lowest BCUT2D eigenvalue weighted by Gasteiger charge is -2.08. The highest BCUT2D eigenvalue weighted by molar-refractivity contribution is 6.31. The molecule has 5 nitrogen and oxygen atoms in total. The van der Waals surface area contributed by atoms with Crippen LogP contribution >= 0.6 is 11.6 Å². The lowest BCUT2D eigenvalue weighted by atomic mass is 10.2. The molecule has 0 saturated carbocycles. The topological polar surface area (TPSA) is 69.8 Å². The molecule has 100 valence electrons. The fourth-order valence-corrected chi connectivity index (χ4v) is 1.76. The van der Waals surface area contributed by atoms with Crippen LogP contribution in [0.25, 0.3) is 0 Å². The molecule has 0 saturated heterocycles. The number of benzene rings is 1. The van der Waals surface area contributed by atoms with Crippen LogP contribution in [-0.4, -0.2) is 22.5 Å². The summed E-state index contributed by atoms with van der Waals surface area (Å²) < 4.78 is 0. The summed E-state index contributed by atoms with van der Waals surface area (Å²) in [6.07, 6.45) is 4.06. The minimum absolute atomic E-state index is 0.251. The minimum Gasteiger partial charge on any atom is -0.348 e. The van der Waals surface area contributed by atoms with Gasteiger partial charge in [0.2, 0.25) is 0 Å². The van der Waals surface area contributed by atoms with Gasteiger partial charge in [-0.25, -0.2) is 9.78 Å². The number of H-pyrrole nitrogens is 1. The zero-order chi connectivity index (χ0) is 13.7. The van der Waals surface area contributed by atoms with Crippen LogP contribution in [-0.2, 0) is 6.42 Å². The molecular formula is C13H15ClN4O. The lowest BCUT2D eigenvalue weighted by molar-refractivity contribution is 0.252. The molecule has 2 aromatic rings. The maximum atomic E-state index is 11.6. The van der Waals surface area contributed by atoms with Crippen molar-refractivity contribution in [2.45, 2.75) is 13.3 Å². The molecule has 1 heterocycles. The molecule has 0 atom stereocenters. The van der Waals surface area contributed by atoms with E-state index in [4.69, 9.17) is 11.6 Å². The number of anilines is 1. The van der Waals surface area contributed by atoms with Crippen LogP contribution in [0.5, 0.6) is 0 Å². The largest absolute Gasteiger partial charge is 0.348 e. The van der Waals surface area contributed by atoms with Crippen molar-refractivity contribution in [2.75, 3.05) is 11.9 Å². The average molecular weight is 279 g/mol. The first-order chi connectivity index (χ1) is 9.15. The Morgan fingerprint density at radius 3 is 3.00 bits per heavy atom. The van der Waals surface area contributed by atoms with Crippen molar-refractivity contribution in [3.8, 4) is 0 Å². The highest BCUT2D eigenvalue weighted by Crippen LogP contribution is 2.19. The van der Waals surface area contributed by atoms with Gasteiger partial charge in [-0.1, -0.05) is 17.7 Å². The Balaban J connectivity index is 1.79. The SMILES string of the molecule is Cc1ccc(NC(=O)NCCc2cnc[nH]2)cc1Cl. The van der Waals surface area contributed by atoms with Crippen LogP contribution in [0, 0.1) is 6.92 Å². The van der Waals surface area contributed by atoms with Crippen molar-refractivity contribution in [2.24, 2.45) is 0 Å². The van der Waals surface area contributed by atoms with E-state index in [1.54, 1.807) is 18.6 Å². The Hall–Kier alpha value is -2.01. The molecule has 0 fully saturated rings. The van der Waals surface area contributed by atoms with Crippen molar-refractivity contribution in [3.05, 3.63) is 47.0 Å². The first-order valence-corrected chi connectivity index (χ1v) is 6.31. The van der Waals surface area contributed by atoms with Crippen LogP contribution in [0.3, 0.4) is 0 Å². The summed E-state index contributed by atoms with van der Waals surface area (Å²) in [5.41, 5.74) is 2.64. The second kappa shape index (κ2) is 6.24. The number of nitrogens with zero attached hydrogens (tertiary/aromatic N) is 1. The fraction of sp³-hybridized carbons (Fsp3) is 0.231. The first-order valence-electron chi connectivity index (χ1n) is 5.93. The summed E-state index contributed by atoms with van der Waals surface area (Å²) in [5, 5.41) is 6.13. The van der Waals surface area contributed by atoms with E-state index in [0.717, 1.165) is 11.3 Å².